The molecule has 11 heavy (non-hydrogen) atoms. The quantitative estimate of drug-likeness (QED) is 0.528. The van der Waals surface area contributed by atoms with Crippen LogP contribution >= 0.6 is 0 Å². The lowest BCUT2D eigenvalue weighted by atomic mass is 9.79. The van der Waals surface area contributed by atoms with Gasteiger partial charge in [0, 0.05) is 12.3 Å². The number of rotatable bonds is 1. The Morgan fingerprint density at radius 2 is 2.18 bits per heavy atom. The van der Waals surface area contributed by atoms with Crippen LogP contribution in [0.4, 0.5) is 0 Å². The van der Waals surface area contributed by atoms with Gasteiger partial charge in [0.25, 0.3) is 0 Å². The summed E-state index contributed by atoms with van der Waals surface area (Å²) >= 11 is 0. The molecule has 0 aromatic carbocycles. The Morgan fingerprint density at radius 3 is 2.64 bits per heavy atom. The third-order valence-corrected chi connectivity index (χ3v) is 2.48. The van der Waals surface area contributed by atoms with E-state index in [1.165, 1.54) is 6.42 Å². The zero-order valence-corrected chi connectivity index (χ0v) is 7.39. The molecule has 0 saturated heterocycles. The first-order chi connectivity index (χ1) is 5.11. The van der Waals surface area contributed by atoms with E-state index in [1.807, 2.05) is 6.92 Å². The summed E-state index contributed by atoms with van der Waals surface area (Å²) in [5, 5.41) is 0. The second kappa shape index (κ2) is 3.21. The summed E-state index contributed by atoms with van der Waals surface area (Å²) < 4.78 is 0. The third kappa shape index (κ3) is 1.92. The molecule has 1 saturated carbocycles. The number of Topliss-reactive ketones (excluding diaryl/α,β-unsaturated/α-hetero) is 1. The smallest absolute Gasteiger partial charge is 0.140 e. The van der Waals surface area contributed by atoms with Crippen molar-refractivity contribution >= 4 is 5.78 Å². The van der Waals surface area contributed by atoms with Gasteiger partial charge in [-0.25, -0.2) is 0 Å². The maximum absolute atomic E-state index is 11.4. The first-order valence-electron chi connectivity index (χ1n) is 4.29. The minimum atomic E-state index is 0.172. The average Bonchev–Trinajstić information content (AvgIpc) is 1.85. The fourth-order valence-electron chi connectivity index (χ4n) is 1.72. The number of allylic oxidation sites excluding steroid dienone is 1. The molecule has 0 amide bonds. The Labute approximate surface area is 68.5 Å². The van der Waals surface area contributed by atoms with Crippen LogP contribution in [-0.2, 0) is 4.79 Å². The lowest BCUT2D eigenvalue weighted by Gasteiger charge is -2.24. The van der Waals surface area contributed by atoms with E-state index in [0.29, 0.717) is 11.7 Å². The number of hydrogen-bond donors (Lipinski definition) is 0. The van der Waals surface area contributed by atoms with Gasteiger partial charge in [-0.05, 0) is 25.7 Å². The fraction of sp³-hybridized carbons (Fsp3) is 0.700. The van der Waals surface area contributed by atoms with Crippen molar-refractivity contribution in [2.75, 3.05) is 0 Å². The van der Waals surface area contributed by atoms with Gasteiger partial charge in [-0.15, -0.1) is 0 Å². The van der Waals surface area contributed by atoms with Gasteiger partial charge < -0.3 is 0 Å². The molecule has 62 valence electrons. The van der Waals surface area contributed by atoms with E-state index in [4.69, 9.17) is 0 Å². The minimum Gasteiger partial charge on any atom is -0.299 e. The molecular weight excluding hydrogens is 136 g/mol. The lowest BCUT2D eigenvalue weighted by Crippen LogP contribution is -2.23. The highest BCUT2D eigenvalue weighted by Crippen LogP contribution is 2.29. The summed E-state index contributed by atoms with van der Waals surface area (Å²) in [6.07, 6.45) is 2.97. The standard InChI is InChI=1S/C10H16O/c1-7(2)9-5-4-8(3)6-10(9)11/h8-9H,1,4-6H2,2-3H3/t8-,9+/m1/s1. The fourth-order valence-corrected chi connectivity index (χ4v) is 1.72. The minimum absolute atomic E-state index is 0.172. The van der Waals surface area contributed by atoms with Crippen molar-refractivity contribution in [3.8, 4) is 0 Å². The van der Waals surface area contributed by atoms with Gasteiger partial charge >= 0.3 is 0 Å². The van der Waals surface area contributed by atoms with Crippen LogP contribution in [0.5, 0.6) is 0 Å². The van der Waals surface area contributed by atoms with Gasteiger partial charge in [0.15, 0.2) is 0 Å². The molecular formula is C10H16O. The van der Waals surface area contributed by atoms with E-state index in [9.17, 15) is 4.79 Å². The van der Waals surface area contributed by atoms with Crippen LogP contribution in [0.15, 0.2) is 12.2 Å². The first kappa shape index (κ1) is 8.51. The maximum atomic E-state index is 11.4. The Hall–Kier alpha value is -0.590. The number of ketones is 1. The molecule has 0 N–H and O–H groups in total. The molecule has 0 aliphatic heterocycles. The van der Waals surface area contributed by atoms with Gasteiger partial charge in [0.05, 0.1) is 0 Å². The van der Waals surface area contributed by atoms with Crippen LogP contribution in [0.25, 0.3) is 0 Å². The molecule has 0 heterocycles. The molecule has 1 nitrogen and oxygen atoms in total. The molecule has 0 aromatic rings. The van der Waals surface area contributed by atoms with E-state index >= 15 is 0 Å². The van der Waals surface area contributed by atoms with Crippen molar-refractivity contribution < 1.29 is 4.79 Å². The van der Waals surface area contributed by atoms with E-state index < -0.39 is 0 Å². The second-order valence-corrected chi connectivity index (χ2v) is 3.75. The summed E-state index contributed by atoms with van der Waals surface area (Å²) in [7, 11) is 0. The summed E-state index contributed by atoms with van der Waals surface area (Å²) in [5.41, 5.74) is 1.04. The van der Waals surface area contributed by atoms with Gasteiger partial charge in [0.2, 0.25) is 0 Å². The van der Waals surface area contributed by atoms with Crippen molar-refractivity contribution in [1.29, 1.82) is 0 Å². The van der Waals surface area contributed by atoms with E-state index in [0.717, 1.165) is 18.4 Å². The molecule has 1 aliphatic carbocycles. The Balaban J connectivity index is 2.58. The highest BCUT2D eigenvalue weighted by atomic mass is 16.1. The van der Waals surface area contributed by atoms with Crippen LogP contribution in [0, 0.1) is 11.8 Å². The van der Waals surface area contributed by atoms with E-state index in [-0.39, 0.29) is 5.92 Å². The number of carbonyl (C=O) groups is 1. The highest BCUT2D eigenvalue weighted by molar-refractivity contribution is 5.84. The molecule has 0 spiro atoms. The van der Waals surface area contributed by atoms with E-state index in [1.54, 1.807) is 0 Å². The van der Waals surface area contributed by atoms with Crippen LogP contribution in [-0.4, -0.2) is 5.78 Å². The summed E-state index contributed by atoms with van der Waals surface area (Å²) in [6, 6.07) is 0. The molecule has 1 aliphatic rings. The predicted octanol–water partition coefficient (Wildman–Crippen LogP) is 2.57. The van der Waals surface area contributed by atoms with Gasteiger partial charge in [-0.3, -0.25) is 4.79 Å². The topological polar surface area (TPSA) is 17.1 Å². The zero-order valence-electron chi connectivity index (χ0n) is 7.39. The molecule has 1 rings (SSSR count). The molecule has 0 bridgehead atoms. The number of carbonyl (C=O) groups excluding carboxylic acids is 1. The maximum Gasteiger partial charge on any atom is 0.140 e. The summed E-state index contributed by atoms with van der Waals surface area (Å²) in [6.45, 7) is 7.94. The van der Waals surface area contributed by atoms with Gasteiger partial charge in [-0.1, -0.05) is 19.1 Å². The van der Waals surface area contributed by atoms with Crippen molar-refractivity contribution in [2.45, 2.75) is 33.1 Å². The van der Waals surface area contributed by atoms with Crippen molar-refractivity contribution in [2.24, 2.45) is 11.8 Å². The largest absolute Gasteiger partial charge is 0.299 e. The Bertz CT molecular complexity index is 181. The molecule has 0 unspecified atom stereocenters. The zero-order chi connectivity index (χ0) is 8.43. The predicted molar refractivity (Wildman–Crippen MR) is 46.3 cm³/mol. The third-order valence-electron chi connectivity index (χ3n) is 2.48. The lowest BCUT2D eigenvalue weighted by molar-refractivity contribution is -0.124. The van der Waals surface area contributed by atoms with Crippen LogP contribution in [0.2, 0.25) is 0 Å². The van der Waals surface area contributed by atoms with Crippen LogP contribution < -0.4 is 0 Å². The van der Waals surface area contributed by atoms with Crippen LogP contribution in [0.3, 0.4) is 0 Å². The monoisotopic (exact) mass is 152 g/mol. The molecule has 0 radical (unpaired) electrons. The van der Waals surface area contributed by atoms with Crippen LogP contribution in [0.1, 0.15) is 33.1 Å². The molecule has 1 fully saturated rings. The Morgan fingerprint density at radius 1 is 1.55 bits per heavy atom. The highest BCUT2D eigenvalue weighted by Gasteiger charge is 2.26. The SMILES string of the molecule is C=C(C)[C@@H]1CC[C@@H](C)CC1=O. The van der Waals surface area contributed by atoms with Gasteiger partial charge in [0.1, 0.15) is 5.78 Å². The summed E-state index contributed by atoms with van der Waals surface area (Å²) in [5.74, 6) is 1.17. The van der Waals surface area contributed by atoms with Crippen molar-refractivity contribution in [3.63, 3.8) is 0 Å². The van der Waals surface area contributed by atoms with Gasteiger partial charge in [-0.2, -0.15) is 0 Å². The Kier molecular flexibility index (Phi) is 2.48. The number of hydrogen-bond acceptors (Lipinski definition) is 1. The van der Waals surface area contributed by atoms with Crippen molar-refractivity contribution in [3.05, 3.63) is 12.2 Å². The van der Waals surface area contributed by atoms with E-state index in [2.05, 4.69) is 13.5 Å². The molecule has 2 atom stereocenters. The average molecular weight is 152 g/mol. The molecule has 0 aromatic heterocycles. The second-order valence-electron chi connectivity index (χ2n) is 3.75. The normalized spacial score (nSPS) is 32.0. The van der Waals surface area contributed by atoms with Crippen molar-refractivity contribution in [1.82, 2.24) is 0 Å². The summed E-state index contributed by atoms with van der Waals surface area (Å²) in [4.78, 5) is 11.4. The molecule has 1 heteroatoms. The first-order valence-corrected chi connectivity index (χ1v) is 4.29.